The van der Waals surface area contributed by atoms with Crippen molar-refractivity contribution in [2.75, 3.05) is 19.9 Å². The van der Waals surface area contributed by atoms with Gasteiger partial charge in [-0.2, -0.15) is 0 Å². The van der Waals surface area contributed by atoms with Crippen LogP contribution < -0.4 is 0 Å². The van der Waals surface area contributed by atoms with Crippen LogP contribution in [0.25, 0.3) is 0 Å². The normalized spacial score (nSPS) is 41.4. The van der Waals surface area contributed by atoms with Crippen LogP contribution >= 0.6 is 0 Å². The summed E-state index contributed by atoms with van der Waals surface area (Å²) in [6, 6.07) is -0.755. The number of rotatable bonds is 1. The second-order valence-corrected chi connectivity index (χ2v) is 4.45. The van der Waals surface area contributed by atoms with Crippen LogP contribution in [0, 0.1) is 5.92 Å². The van der Waals surface area contributed by atoms with Crippen LogP contribution in [-0.4, -0.2) is 70.1 Å². The summed E-state index contributed by atoms with van der Waals surface area (Å²) in [6.07, 6.45) is -1.01. The number of hydrogen-bond donors (Lipinski definition) is 2. The molecule has 0 aromatic heterocycles. The van der Waals surface area contributed by atoms with Crippen molar-refractivity contribution in [2.24, 2.45) is 5.92 Å². The molecule has 3 aliphatic rings. The minimum absolute atomic E-state index is 0.0333. The molecule has 0 saturated carbocycles. The molecule has 4 atom stereocenters. The summed E-state index contributed by atoms with van der Waals surface area (Å²) in [5, 5.41) is 18.1. The number of amides is 1. The van der Waals surface area contributed by atoms with Crippen molar-refractivity contribution in [3.05, 3.63) is 0 Å². The second kappa shape index (κ2) is 3.08. The van der Waals surface area contributed by atoms with Crippen LogP contribution in [0.5, 0.6) is 0 Å². The summed E-state index contributed by atoms with van der Waals surface area (Å²) in [5.74, 6) is -0.960. The Balaban J connectivity index is 1.87. The zero-order chi connectivity index (χ0) is 11.4. The molecule has 0 bridgehead atoms. The Labute approximate surface area is 91.2 Å². The van der Waals surface area contributed by atoms with Gasteiger partial charge in [-0.25, -0.2) is 4.79 Å². The van der Waals surface area contributed by atoms with Gasteiger partial charge in [-0.05, 0) is 0 Å². The van der Waals surface area contributed by atoms with E-state index in [9.17, 15) is 9.59 Å². The van der Waals surface area contributed by atoms with E-state index < -0.39 is 18.1 Å². The number of hydrogen-bond acceptors (Lipinski definition) is 4. The average Bonchev–Trinajstić information content (AvgIpc) is 2.53. The Hall–Kier alpha value is -1.34. The van der Waals surface area contributed by atoms with Gasteiger partial charge in [-0.3, -0.25) is 14.6 Å². The highest BCUT2D eigenvalue weighted by molar-refractivity contribution is 5.76. The summed E-state index contributed by atoms with van der Waals surface area (Å²) in [6.45, 7) is 0.972. The third kappa shape index (κ3) is 1.04. The number of carboxylic acids is 1. The Bertz CT molecular complexity index is 348. The lowest BCUT2D eigenvalue weighted by Gasteiger charge is -2.51. The molecule has 0 aromatic carbocycles. The molecule has 0 spiro atoms. The van der Waals surface area contributed by atoms with Crippen LogP contribution in [0.4, 0.5) is 4.79 Å². The summed E-state index contributed by atoms with van der Waals surface area (Å²) in [7, 11) is 0. The van der Waals surface area contributed by atoms with Crippen molar-refractivity contribution in [3.8, 4) is 0 Å². The summed E-state index contributed by atoms with van der Waals surface area (Å²) < 4.78 is 5.30. The molecule has 3 saturated heterocycles. The molecule has 3 heterocycles. The van der Waals surface area contributed by atoms with Crippen LogP contribution in [0.2, 0.25) is 0 Å². The van der Waals surface area contributed by atoms with Gasteiger partial charge in [-0.1, -0.05) is 0 Å². The lowest BCUT2D eigenvalue weighted by molar-refractivity contribution is -0.169. The van der Waals surface area contributed by atoms with E-state index in [1.807, 2.05) is 0 Å². The fourth-order valence-corrected chi connectivity index (χ4v) is 3.15. The number of aliphatic carboxylic acids is 1. The second-order valence-electron chi connectivity index (χ2n) is 4.45. The quantitative estimate of drug-likeness (QED) is 0.604. The molecular formula is C9H12N2O5. The first kappa shape index (κ1) is 9.86. The topological polar surface area (TPSA) is 90.3 Å². The monoisotopic (exact) mass is 228 g/mol. The Morgan fingerprint density at radius 3 is 2.62 bits per heavy atom. The van der Waals surface area contributed by atoms with Gasteiger partial charge in [0, 0.05) is 12.0 Å². The van der Waals surface area contributed by atoms with E-state index in [2.05, 4.69) is 0 Å². The molecule has 0 aliphatic carbocycles. The highest BCUT2D eigenvalue weighted by atomic mass is 16.5. The molecule has 3 aliphatic heterocycles. The molecule has 0 aromatic rings. The Kier molecular flexibility index (Phi) is 1.90. The van der Waals surface area contributed by atoms with Crippen molar-refractivity contribution in [1.82, 2.24) is 9.80 Å². The molecular weight excluding hydrogens is 216 g/mol. The fraction of sp³-hybridized carbons (Fsp3) is 0.778. The first-order valence-corrected chi connectivity index (χ1v) is 5.17. The molecule has 3 rings (SSSR count). The smallest absolute Gasteiger partial charge is 0.408 e. The van der Waals surface area contributed by atoms with Crippen molar-refractivity contribution >= 4 is 12.1 Å². The van der Waals surface area contributed by atoms with Crippen molar-refractivity contribution < 1.29 is 24.5 Å². The molecule has 0 radical (unpaired) electrons. The first-order chi connectivity index (χ1) is 7.61. The predicted molar refractivity (Wildman–Crippen MR) is 49.9 cm³/mol. The number of carboxylic acid groups (broad SMARTS) is 2. The van der Waals surface area contributed by atoms with E-state index in [-0.39, 0.29) is 24.7 Å². The highest BCUT2D eigenvalue weighted by Crippen LogP contribution is 2.43. The zero-order valence-corrected chi connectivity index (χ0v) is 8.44. The number of nitrogens with zero attached hydrogens (tertiary/aromatic N) is 2. The van der Waals surface area contributed by atoms with Gasteiger partial charge < -0.3 is 14.9 Å². The standard InChI is InChI=1S/C9H12N2O5/c12-8(13)7-4-1-16-2-5-6(4)11(7)3-10(5)9(14)15/h4-7H,1-3H2,(H,12,13)(H,14,15). The number of ether oxygens (including phenoxy) is 1. The van der Waals surface area contributed by atoms with E-state index in [0.29, 0.717) is 13.2 Å². The third-order valence-electron chi connectivity index (χ3n) is 3.79. The van der Waals surface area contributed by atoms with E-state index in [4.69, 9.17) is 14.9 Å². The summed E-state index contributed by atoms with van der Waals surface area (Å²) in [4.78, 5) is 25.1. The lowest BCUT2D eigenvalue weighted by atomic mass is 9.77. The van der Waals surface area contributed by atoms with Crippen molar-refractivity contribution in [2.45, 2.75) is 18.1 Å². The minimum Gasteiger partial charge on any atom is -0.480 e. The predicted octanol–water partition coefficient (Wildman–Crippen LogP) is -0.910. The largest absolute Gasteiger partial charge is 0.480 e. The number of carbonyl (C=O) groups is 2. The molecule has 7 nitrogen and oxygen atoms in total. The highest BCUT2D eigenvalue weighted by Gasteiger charge is 2.63. The summed E-state index contributed by atoms with van der Waals surface area (Å²) in [5.41, 5.74) is 0. The average molecular weight is 228 g/mol. The van der Waals surface area contributed by atoms with Crippen LogP contribution in [-0.2, 0) is 9.53 Å². The maximum Gasteiger partial charge on any atom is 0.408 e. The van der Waals surface area contributed by atoms with Gasteiger partial charge in [0.25, 0.3) is 0 Å². The SMILES string of the molecule is O=C(O)C1C2COCC3C2N1CN3C(=O)O. The molecule has 1 amide bonds. The van der Waals surface area contributed by atoms with Gasteiger partial charge in [0.05, 0.1) is 25.9 Å². The van der Waals surface area contributed by atoms with Gasteiger partial charge in [0.15, 0.2) is 0 Å². The van der Waals surface area contributed by atoms with E-state index >= 15 is 0 Å². The first-order valence-electron chi connectivity index (χ1n) is 5.17. The minimum atomic E-state index is -1.01. The van der Waals surface area contributed by atoms with E-state index in [0.717, 1.165) is 0 Å². The maximum absolute atomic E-state index is 11.0. The van der Waals surface area contributed by atoms with Gasteiger partial charge in [-0.15, -0.1) is 0 Å². The molecule has 4 unspecified atom stereocenters. The summed E-state index contributed by atoms with van der Waals surface area (Å²) >= 11 is 0. The third-order valence-corrected chi connectivity index (χ3v) is 3.79. The zero-order valence-electron chi connectivity index (χ0n) is 8.44. The van der Waals surface area contributed by atoms with Gasteiger partial charge in [0.1, 0.15) is 6.04 Å². The fourth-order valence-electron chi connectivity index (χ4n) is 3.15. The molecule has 3 fully saturated rings. The Morgan fingerprint density at radius 1 is 1.25 bits per heavy atom. The lowest BCUT2D eigenvalue weighted by Crippen LogP contribution is -2.70. The van der Waals surface area contributed by atoms with E-state index in [1.165, 1.54) is 4.90 Å². The van der Waals surface area contributed by atoms with E-state index in [1.54, 1.807) is 4.90 Å². The van der Waals surface area contributed by atoms with Crippen LogP contribution in [0.3, 0.4) is 0 Å². The van der Waals surface area contributed by atoms with Gasteiger partial charge in [0.2, 0.25) is 0 Å². The van der Waals surface area contributed by atoms with Crippen LogP contribution in [0.15, 0.2) is 0 Å². The molecule has 7 heteroatoms. The van der Waals surface area contributed by atoms with Crippen molar-refractivity contribution in [1.29, 1.82) is 0 Å². The molecule has 88 valence electrons. The Morgan fingerprint density at radius 2 is 2.00 bits per heavy atom. The van der Waals surface area contributed by atoms with Crippen molar-refractivity contribution in [3.63, 3.8) is 0 Å². The van der Waals surface area contributed by atoms with Gasteiger partial charge >= 0.3 is 12.1 Å². The van der Waals surface area contributed by atoms with Crippen LogP contribution in [0.1, 0.15) is 0 Å². The molecule has 2 N–H and O–H groups in total. The molecule has 16 heavy (non-hydrogen) atoms. The maximum atomic E-state index is 11.0.